The third kappa shape index (κ3) is 4.58. The van der Waals surface area contributed by atoms with Crippen molar-refractivity contribution in [1.82, 2.24) is 14.5 Å². The Hall–Kier alpha value is -2.79. The molecule has 7 nitrogen and oxygen atoms in total. The first-order valence-electron chi connectivity index (χ1n) is 10.9. The van der Waals surface area contributed by atoms with E-state index < -0.39 is 52.2 Å². The number of halogens is 3. The molecular formula is C23H26F3N3O4S. The van der Waals surface area contributed by atoms with Gasteiger partial charge in [0.2, 0.25) is 15.5 Å². The molecule has 0 radical (unpaired) electrons. The molecule has 1 N–H and O–H groups in total. The van der Waals surface area contributed by atoms with E-state index in [-0.39, 0.29) is 30.7 Å². The molecule has 2 aliphatic heterocycles. The molecule has 4 atom stereocenters. The number of para-hydroxylation sites is 1. The normalized spacial score (nSPS) is 24.3. The largest absolute Gasteiger partial charge is 0.491 e. The van der Waals surface area contributed by atoms with Crippen molar-refractivity contribution in [2.24, 2.45) is 0 Å². The molecule has 2 bridgehead atoms. The second kappa shape index (κ2) is 9.46. The molecule has 2 aliphatic rings. The van der Waals surface area contributed by atoms with Crippen molar-refractivity contribution < 1.29 is 31.1 Å². The van der Waals surface area contributed by atoms with Crippen LogP contribution in [0.3, 0.4) is 0 Å². The van der Waals surface area contributed by atoms with Crippen molar-refractivity contribution in [2.45, 2.75) is 37.1 Å². The number of nitrogens with one attached hydrogen (secondary N) is 1. The monoisotopic (exact) mass is 497 g/mol. The number of hydrogen-bond donors (Lipinski definition) is 1. The van der Waals surface area contributed by atoms with E-state index in [2.05, 4.69) is 4.72 Å². The van der Waals surface area contributed by atoms with Crippen LogP contribution in [0.2, 0.25) is 0 Å². The van der Waals surface area contributed by atoms with Crippen molar-refractivity contribution in [3.05, 3.63) is 53.8 Å². The van der Waals surface area contributed by atoms with Gasteiger partial charge in [0.1, 0.15) is 24.3 Å². The maximum Gasteiger partial charge on any atom is 0.320 e. The lowest BCUT2D eigenvalue weighted by molar-refractivity contribution is 0.146. The van der Waals surface area contributed by atoms with E-state index in [0.717, 1.165) is 6.92 Å². The van der Waals surface area contributed by atoms with Crippen LogP contribution in [-0.4, -0.2) is 74.8 Å². The van der Waals surface area contributed by atoms with Crippen LogP contribution < -0.4 is 9.46 Å². The second-order valence-electron chi connectivity index (χ2n) is 8.50. The van der Waals surface area contributed by atoms with Gasteiger partial charge in [-0.1, -0.05) is 36.4 Å². The number of fused-ring (bicyclic) bond motifs is 5. The molecule has 4 unspecified atom stereocenters. The quantitative estimate of drug-likeness (QED) is 0.707. The first-order chi connectivity index (χ1) is 16.1. The fourth-order valence-corrected chi connectivity index (χ4v) is 5.23. The second-order valence-corrected chi connectivity index (χ2v) is 10.5. The minimum Gasteiger partial charge on any atom is -0.491 e. The molecular weight excluding hydrogens is 471 g/mol. The van der Waals surface area contributed by atoms with Gasteiger partial charge >= 0.3 is 6.03 Å². The number of urea groups is 1. The van der Waals surface area contributed by atoms with Gasteiger partial charge in [0.05, 0.1) is 25.2 Å². The Bertz CT molecular complexity index is 1180. The fourth-order valence-electron chi connectivity index (χ4n) is 4.36. The molecule has 0 saturated carbocycles. The lowest BCUT2D eigenvalue weighted by atomic mass is 9.95. The number of rotatable bonds is 3. The van der Waals surface area contributed by atoms with Gasteiger partial charge in [-0.2, -0.15) is 0 Å². The highest BCUT2D eigenvalue weighted by molar-refractivity contribution is 7.89. The number of carbonyl (C=O) groups excluding carboxylic acids is 1. The van der Waals surface area contributed by atoms with Crippen molar-refractivity contribution in [2.75, 3.05) is 26.7 Å². The zero-order valence-corrected chi connectivity index (χ0v) is 19.6. The van der Waals surface area contributed by atoms with Crippen LogP contribution in [-0.2, 0) is 16.4 Å². The van der Waals surface area contributed by atoms with Crippen LogP contribution in [0.5, 0.6) is 5.75 Å². The number of nitrogens with zero attached hydrogens (tertiary/aromatic N) is 2. The number of amides is 2. The van der Waals surface area contributed by atoms with Crippen molar-refractivity contribution in [3.63, 3.8) is 0 Å². The zero-order valence-electron chi connectivity index (χ0n) is 18.7. The molecule has 0 spiro atoms. The SMILES string of the molecule is CC(F)S(=O)(=O)NC1C(F)CN2C(=O)N(C)CCOc3ccccc3-c3cccc(c3F)CC12. The van der Waals surface area contributed by atoms with Crippen LogP contribution in [0.4, 0.5) is 18.0 Å². The van der Waals surface area contributed by atoms with Crippen molar-refractivity contribution in [1.29, 1.82) is 0 Å². The maximum absolute atomic E-state index is 15.7. The summed E-state index contributed by atoms with van der Waals surface area (Å²) in [7, 11) is -2.98. The molecule has 184 valence electrons. The number of hydrogen-bond acceptors (Lipinski definition) is 4. The summed E-state index contributed by atoms with van der Waals surface area (Å²) in [5.41, 5.74) is -1.33. The van der Waals surface area contributed by atoms with E-state index in [1.807, 2.05) is 0 Å². The fraction of sp³-hybridized carbons (Fsp3) is 0.435. The predicted octanol–water partition coefficient (Wildman–Crippen LogP) is 3.11. The summed E-state index contributed by atoms with van der Waals surface area (Å²) in [4.78, 5) is 15.7. The Kier molecular flexibility index (Phi) is 6.77. The maximum atomic E-state index is 15.7. The first kappa shape index (κ1) is 24.3. The number of sulfonamides is 1. The number of benzene rings is 2. The lowest BCUT2D eigenvalue weighted by Crippen LogP contribution is -2.53. The zero-order chi connectivity index (χ0) is 24.6. The molecule has 1 fully saturated rings. The molecule has 34 heavy (non-hydrogen) atoms. The Balaban J connectivity index is 1.81. The van der Waals surface area contributed by atoms with Crippen molar-refractivity contribution >= 4 is 16.1 Å². The Labute approximate surface area is 196 Å². The number of carbonyl (C=O) groups is 1. The lowest BCUT2D eigenvalue weighted by Gasteiger charge is -2.31. The van der Waals surface area contributed by atoms with E-state index in [1.54, 1.807) is 36.4 Å². The van der Waals surface area contributed by atoms with Gasteiger partial charge < -0.3 is 14.5 Å². The van der Waals surface area contributed by atoms with E-state index in [4.69, 9.17) is 4.74 Å². The van der Waals surface area contributed by atoms with E-state index >= 15 is 8.78 Å². The minimum absolute atomic E-state index is 0.105. The predicted molar refractivity (Wildman–Crippen MR) is 121 cm³/mol. The molecule has 0 aromatic heterocycles. The van der Waals surface area contributed by atoms with Gasteiger partial charge in [-0.15, -0.1) is 0 Å². The third-order valence-electron chi connectivity index (χ3n) is 6.25. The van der Waals surface area contributed by atoms with Gasteiger partial charge in [0, 0.05) is 18.2 Å². The summed E-state index contributed by atoms with van der Waals surface area (Å²) in [6.07, 6.45) is -1.97. The van der Waals surface area contributed by atoms with Crippen LogP contribution in [0, 0.1) is 5.82 Å². The Morgan fingerprint density at radius 2 is 1.85 bits per heavy atom. The summed E-state index contributed by atoms with van der Waals surface area (Å²) in [6.45, 7) is 0.676. The van der Waals surface area contributed by atoms with Gasteiger partial charge in [-0.05, 0) is 25.0 Å². The summed E-state index contributed by atoms with van der Waals surface area (Å²) < 4.78 is 76.7. The molecule has 4 rings (SSSR count). The Morgan fingerprint density at radius 1 is 1.15 bits per heavy atom. The smallest absolute Gasteiger partial charge is 0.320 e. The summed E-state index contributed by atoms with van der Waals surface area (Å²) in [5, 5.41) is 0. The van der Waals surface area contributed by atoms with Gasteiger partial charge in [-0.25, -0.2) is 31.1 Å². The average Bonchev–Trinajstić information content (AvgIpc) is 3.09. The highest BCUT2D eigenvalue weighted by Gasteiger charge is 2.47. The summed E-state index contributed by atoms with van der Waals surface area (Å²) in [5.74, 6) is -0.133. The summed E-state index contributed by atoms with van der Waals surface area (Å²) >= 11 is 0. The molecule has 11 heteroatoms. The van der Waals surface area contributed by atoms with Gasteiger partial charge in [-0.3, -0.25) is 0 Å². The van der Waals surface area contributed by atoms with Gasteiger partial charge in [0.15, 0.2) is 0 Å². The van der Waals surface area contributed by atoms with Gasteiger partial charge in [0.25, 0.3) is 0 Å². The molecule has 2 amide bonds. The van der Waals surface area contributed by atoms with Crippen molar-refractivity contribution in [3.8, 4) is 16.9 Å². The Morgan fingerprint density at radius 3 is 2.59 bits per heavy atom. The van der Waals surface area contributed by atoms with E-state index in [9.17, 15) is 17.6 Å². The highest BCUT2D eigenvalue weighted by atomic mass is 32.2. The average molecular weight is 498 g/mol. The van der Waals surface area contributed by atoms with Crippen LogP contribution in [0.15, 0.2) is 42.5 Å². The third-order valence-corrected chi connectivity index (χ3v) is 7.70. The van der Waals surface area contributed by atoms with Crippen LogP contribution >= 0.6 is 0 Å². The van der Waals surface area contributed by atoms with E-state index in [0.29, 0.717) is 11.3 Å². The van der Waals surface area contributed by atoms with E-state index in [1.165, 1.54) is 22.9 Å². The number of likely N-dealkylation sites (N-methyl/N-ethyl adjacent to an activating group) is 1. The summed E-state index contributed by atoms with van der Waals surface area (Å²) in [6, 6.07) is 8.59. The van der Waals surface area contributed by atoms with Crippen LogP contribution in [0.25, 0.3) is 11.1 Å². The molecule has 2 heterocycles. The number of alkyl halides is 2. The molecule has 1 saturated heterocycles. The molecule has 2 aromatic rings. The molecule has 0 aliphatic carbocycles. The van der Waals surface area contributed by atoms with Crippen LogP contribution in [0.1, 0.15) is 12.5 Å². The highest BCUT2D eigenvalue weighted by Crippen LogP contribution is 2.35. The minimum atomic E-state index is -4.49. The first-order valence-corrected chi connectivity index (χ1v) is 12.5. The molecule has 2 aromatic carbocycles. The standard InChI is InChI=1S/C23H26F3N3O4S/c1-14(24)34(31,32)27-22-18(25)13-29-19(22)12-15-6-5-8-17(21(15)26)16-7-3-4-9-20(16)33-11-10-28(2)23(29)30/h3-9,14,18-19,22,27H,10-13H2,1-2H3. The number of ether oxygens (including phenoxy) is 1. The topological polar surface area (TPSA) is 79.0 Å².